The Balaban J connectivity index is 2.50. The molecule has 0 fully saturated rings. The number of hydrogen-bond acceptors (Lipinski definition) is 6. The second-order valence-corrected chi connectivity index (χ2v) is 6.37. The Morgan fingerprint density at radius 3 is 2.71 bits per heavy atom. The standard InChI is InChI=1S/C13H15N3O4S/c1-3-8-21(18,19)11-7-5-4-6-10(11)16-9-14-12(15-16)13(17)20-2/h4-7,9H,3,8H2,1-2H3. The van der Waals surface area contributed by atoms with E-state index >= 15 is 0 Å². The molecule has 0 radical (unpaired) electrons. The number of ether oxygens (including phenoxy) is 1. The Morgan fingerprint density at radius 1 is 1.33 bits per heavy atom. The first-order valence-corrected chi connectivity index (χ1v) is 7.97. The van der Waals surface area contributed by atoms with Gasteiger partial charge in [-0.15, -0.1) is 5.10 Å². The molecular formula is C13H15N3O4S. The summed E-state index contributed by atoms with van der Waals surface area (Å²) in [6, 6.07) is 6.46. The molecule has 0 spiro atoms. The Labute approximate surface area is 122 Å². The summed E-state index contributed by atoms with van der Waals surface area (Å²) >= 11 is 0. The van der Waals surface area contributed by atoms with Gasteiger partial charge in [-0.25, -0.2) is 22.9 Å². The van der Waals surface area contributed by atoms with E-state index in [0.717, 1.165) is 0 Å². The fraction of sp³-hybridized carbons (Fsp3) is 0.308. The number of carbonyl (C=O) groups excluding carboxylic acids is 1. The van der Waals surface area contributed by atoms with Crippen molar-refractivity contribution in [3.8, 4) is 5.69 Å². The van der Waals surface area contributed by atoms with Crippen LogP contribution in [0.15, 0.2) is 35.5 Å². The van der Waals surface area contributed by atoms with E-state index < -0.39 is 15.8 Å². The van der Waals surface area contributed by atoms with Gasteiger partial charge in [0.2, 0.25) is 0 Å². The van der Waals surface area contributed by atoms with E-state index in [-0.39, 0.29) is 16.5 Å². The van der Waals surface area contributed by atoms with E-state index in [2.05, 4.69) is 14.8 Å². The molecule has 7 nitrogen and oxygen atoms in total. The molecule has 21 heavy (non-hydrogen) atoms. The number of nitrogens with zero attached hydrogens (tertiary/aromatic N) is 3. The van der Waals surface area contributed by atoms with E-state index in [4.69, 9.17) is 0 Å². The lowest BCUT2D eigenvalue weighted by Crippen LogP contribution is -2.11. The molecular weight excluding hydrogens is 294 g/mol. The molecule has 0 saturated carbocycles. The highest BCUT2D eigenvalue weighted by atomic mass is 32.2. The number of rotatable bonds is 5. The quantitative estimate of drug-likeness (QED) is 0.772. The van der Waals surface area contributed by atoms with Crippen LogP contribution in [0.3, 0.4) is 0 Å². The van der Waals surface area contributed by atoms with Gasteiger partial charge in [0.15, 0.2) is 9.84 Å². The molecule has 0 aliphatic carbocycles. The third kappa shape index (κ3) is 3.10. The van der Waals surface area contributed by atoms with Crippen molar-refractivity contribution < 1.29 is 17.9 Å². The Bertz CT molecular complexity index is 752. The molecule has 2 rings (SSSR count). The smallest absolute Gasteiger partial charge is 0.377 e. The molecule has 112 valence electrons. The summed E-state index contributed by atoms with van der Waals surface area (Å²) in [5.41, 5.74) is 0.355. The van der Waals surface area contributed by atoms with Crippen LogP contribution in [-0.4, -0.2) is 42.0 Å². The first-order chi connectivity index (χ1) is 9.99. The zero-order chi connectivity index (χ0) is 15.5. The van der Waals surface area contributed by atoms with Gasteiger partial charge in [0, 0.05) is 0 Å². The molecule has 0 bridgehead atoms. The average Bonchev–Trinajstić information content (AvgIpc) is 2.96. The Kier molecular flexibility index (Phi) is 4.37. The summed E-state index contributed by atoms with van der Waals surface area (Å²) < 4.78 is 30.3. The number of aromatic nitrogens is 3. The molecule has 0 saturated heterocycles. The normalized spacial score (nSPS) is 11.3. The number of esters is 1. The molecule has 1 aromatic heterocycles. The number of sulfone groups is 1. The zero-order valence-corrected chi connectivity index (χ0v) is 12.5. The highest BCUT2D eigenvalue weighted by Gasteiger charge is 2.20. The lowest BCUT2D eigenvalue weighted by Gasteiger charge is -2.09. The van der Waals surface area contributed by atoms with Crippen LogP contribution in [0.4, 0.5) is 0 Å². The van der Waals surface area contributed by atoms with Gasteiger partial charge in [-0.2, -0.15) is 0 Å². The van der Waals surface area contributed by atoms with Crippen LogP contribution < -0.4 is 0 Å². The van der Waals surface area contributed by atoms with E-state index in [9.17, 15) is 13.2 Å². The molecule has 0 atom stereocenters. The minimum Gasteiger partial charge on any atom is -0.463 e. The topological polar surface area (TPSA) is 91.2 Å². The lowest BCUT2D eigenvalue weighted by molar-refractivity contribution is 0.0587. The van der Waals surface area contributed by atoms with Crippen LogP contribution in [0, 0.1) is 0 Å². The van der Waals surface area contributed by atoms with Crippen molar-refractivity contribution in [1.82, 2.24) is 14.8 Å². The van der Waals surface area contributed by atoms with Crippen molar-refractivity contribution >= 4 is 15.8 Å². The summed E-state index contributed by atoms with van der Waals surface area (Å²) in [7, 11) is -2.19. The van der Waals surface area contributed by atoms with Crippen LogP contribution >= 0.6 is 0 Å². The maximum atomic E-state index is 12.3. The van der Waals surface area contributed by atoms with Crippen molar-refractivity contribution in [3.05, 3.63) is 36.4 Å². The zero-order valence-electron chi connectivity index (χ0n) is 11.7. The fourth-order valence-electron chi connectivity index (χ4n) is 1.85. The summed E-state index contributed by atoms with van der Waals surface area (Å²) in [4.78, 5) is 15.3. The maximum Gasteiger partial charge on any atom is 0.377 e. The summed E-state index contributed by atoms with van der Waals surface area (Å²) in [6.45, 7) is 1.80. The Hall–Kier alpha value is -2.22. The number of hydrogen-bond donors (Lipinski definition) is 0. The van der Waals surface area contributed by atoms with E-state index in [1.807, 2.05) is 0 Å². The van der Waals surface area contributed by atoms with E-state index in [0.29, 0.717) is 12.1 Å². The van der Waals surface area contributed by atoms with E-state index in [1.54, 1.807) is 25.1 Å². The molecule has 0 aliphatic heterocycles. The largest absolute Gasteiger partial charge is 0.463 e. The molecule has 0 amide bonds. The number of benzene rings is 1. The minimum absolute atomic E-state index is 0.0442. The first-order valence-electron chi connectivity index (χ1n) is 6.31. The highest BCUT2D eigenvalue weighted by molar-refractivity contribution is 7.91. The van der Waals surface area contributed by atoms with E-state index in [1.165, 1.54) is 24.2 Å². The molecule has 2 aromatic rings. The van der Waals surface area contributed by atoms with Gasteiger partial charge in [0.25, 0.3) is 5.82 Å². The molecule has 8 heteroatoms. The van der Waals surface area contributed by atoms with Crippen LogP contribution in [0.2, 0.25) is 0 Å². The van der Waals surface area contributed by atoms with Gasteiger partial charge >= 0.3 is 5.97 Å². The number of methoxy groups -OCH3 is 1. The Morgan fingerprint density at radius 2 is 2.05 bits per heavy atom. The van der Waals surface area contributed by atoms with Crippen LogP contribution in [-0.2, 0) is 14.6 Å². The lowest BCUT2D eigenvalue weighted by atomic mass is 10.3. The van der Waals surface area contributed by atoms with Gasteiger partial charge in [-0.1, -0.05) is 19.1 Å². The van der Waals surface area contributed by atoms with Crippen molar-refractivity contribution in [2.75, 3.05) is 12.9 Å². The predicted octanol–water partition coefficient (Wildman–Crippen LogP) is 1.24. The third-order valence-electron chi connectivity index (χ3n) is 2.78. The maximum absolute atomic E-state index is 12.3. The van der Waals surface area contributed by atoms with Crippen molar-refractivity contribution in [2.45, 2.75) is 18.2 Å². The summed E-state index contributed by atoms with van der Waals surface area (Å²) in [5, 5.41) is 3.95. The molecule has 1 aromatic carbocycles. The van der Waals surface area contributed by atoms with Gasteiger partial charge < -0.3 is 4.74 Å². The fourth-order valence-corrected chi connectivity index (χ4v) is 3.38. The number of para-hydroxylation sites is 1. The SMILES string of the molecule is CCCS(=O)(=O)c1ccccc1-n1cnc(C(=O)OC)n1. The summed E-state index contributed by atoms with van der Waals surface area (Å²) in [5.74, 6) is -0.759. The van der Waals surface area contributed by atoms with Crippen molar-refractivity contribution in [3.63, 3.8) is 0 Å². The van der Waals surface area contributed by atoms with Crippen molar-refractivity contribution in [1.29, 1.82) is 0 Å². The predicted molar refractivity (Wildman–Crippen MR) is 75.0 cm³/mol. The average molecular weight is 309 g/mol. The highest BCUT2D eigenvalue weighted by Crippen LogP contribution is 2.21. The van der Waals surface area contributed by atoms with Gasteiger partial charge in [-0.3, -0.25) is 0 Å². The van der Waals surface area contributed by atoms with Gasteiger partial charge in [0.05, 0.1) is 23.4 Å². The van der Waals surface area contributed by atoms with Crippen LogP contribution in [0.1, 0.15) is 24.0 Å². The first kappa shape index (κ1) is 15.2. The molecule has 0 aliphatic rings. The minimum atomic E-state index is -3.41. The summed E-state index contributed by atoms with van der Waals surface area (Å²) in [6.07, 6.45) is 1.80. The molecule has 0 unspecified atom stereocenters. The second-order valence-electron chi connectivity index (χ2n) is 4.29. The third-order valence-corrected chi connectivity index (χ3v) is 4.74. The van der Waals surface area contributed by atoms with Gasteiger partial charge in [0.1, 0.15) is 6.33 Å². The van der Waals surface area contributed by atoms with Crippen molar-refractivity contribution in [2.24, 2.45) is 0 Å². The molecule has 0 N–H and O–H groups in total. The van der Waals surface area contributed by atoms with Crippen LogP contribution in [0.5, 0.6) is 0 Å². The number of carbonyl (C=O) groups is 1. The molecule has 1 heterocycles. The van der Waals surface area contributed by atoms with Gasteiger partial charge in [-0.05, 0) is 18.6 Å². The monoisotopic (exact) mass is 309 g/mol. The van der Waals surface area contributed by atoms with Crippen LogP contribution in [0.25, 0.3) is 5.69 Å². The second kappa shape index (κ2) is 6.04.